The first-order valence-corrected chi connectivity index (χ1v) is 5.77. The third kappa shape index (κ3) is 2.16. The molecule has 2 nitrogen and oxygen atoms in total. The minimum atomic E-state index is 0.300. The summed E-state index contributed by atoms with van der Waals surface area (Å²) >= 11 is 0. The number of hydrogen-bond acceptors (Lipinski definition) is 1. The summed E-state index contributed by atoms with van der Waals surface area (Å²) in [6, 6.07) is 10.8. The highest BCUT2D eigenvalue weighted by atomic mass is 15.3. The van der Waals surface area contributed by atoms with Gasteiger partial charge in [0.05, 0.1) is 12.2 Å². The summed E-state index contributed by atoms with van der Waals surface area (Å²) < 4.78 is 2.03. The zero-order valence-electron chi connectivity index (χ0n) is 10.1. The smallest absolute Gasteiger partial charge is 0.0740 e. The molecule has 2 heteroatoms. The Balaban J connectivity index is 2.24. The van der Waals surface area contributed by atoms with Gasteiger partial charge in [-0.15, -0.1) is 0 Å². The van der Waals surface area contributed by atoms with Gasteiger partial charge >= 0.3 is 0 Å². The maximum Gasteiger partial charge on any atom is 0.0740 e. The SMILES string of the molecule is CC(C)c1cnn([C@@H](C)c2ccccc2)c1. The standard InChI is InChI=1S/C14H18N2/c1-11(2)14-9-15-16(10-14)12(3)13-7-5-4-6-8-13/h4-12H,1-3H3/t12-/m0/s1. The molecule has 1 aromatic carbocycles. The van der Waals surface area contributed by atoms with Gasteiger partial charge in [0.15, 0.2) is 0 Å². The quantitative estimate of drug-likeness (QED) is 0.763. The first kappa shape index (κ1) is 10.9. The zero-order valence-corrected chi connectivity index (χ0v) is 10.1. The maximum atomic E-state index is 4.43. The molecule has 1 atom stereocenters. The molecule has 0 saturated heterocycles. The van der Waals surface area contributed by atoms with Gasteiger partial charge in [0.2, 0.25) is 0 Å². The molecular formula is C14H18N2. The van der Waals surface area contributed by atoms with Crippen molar-refractivity contribution in [1.82, 2.24) is 9.78 Å². The van der Waals surface area contributed by atoms with E-state index in [1.165, 1.54) is 11.1 Å². The minimum Gasteiger partial charge on any atom is -0.265 e. The Morgan fingerprint density at radius 1 is 1.00 bits per heavy atom. The third-order valence-corrected chi connectivity index (χ3v) is 2.97. The van der Waals surface area contributed by atoms with Crippen LogP contribution in [0.2, 0.25) is 0 Å². The number of rotatable bonds is 3. The predicted octanol–water partition coefficient (Wildman–Crippen LogP) is 3.62. The van der Waals surface area contributed by atoms with E-state index in [0.717, 1.165) is 0 Å². The highest BCUT2D eigenvalue weighted by Gasteiger charge is 2.09. The van der Waals surface area contributed by atoms with E-state index in [9.17, 15) is 0 Å². The molecule has 1 heterocycles. The fourth-order valence-electron chi connectivity index (χ4n) is 1.75. The van der Waals surface area contributed by atoms with Crippen LogP contribution in [-0.4, -0.2) is 9.78 Å². The van der Waals surface area contributed by atoms with Gasteiger partial charge in [-0.25, -0.2) is 0 Å². The molecule has 0 spiro atoms. The molecule has 0 unspecified atom stereocenters. The van der Waals surface area contributed by atoms with Crippen LogP contribution in [0.25, 0.3) is 0 Å². The lowest BCUT2D eigenvalue weighted by molar-refractivity contribution is 0.563. The lowest BCUT2D eigenvalue weighted by Crippen LogP contribution is -2.06. The van der Waals surface area contributed by atoms with Crippen molar-refractivity contribution >= 4 is 0 Å². The van der Waals surface area contributed by atoms with E-state index in [4.69, 9.17) is 0 Å². The van der Waals surface area contributed by atoms with Gasteiger partial charge in [-0.1, -0.05) is 44.2 Å². The monoisotopic (exact) mass is 214 g/mol. The molecular weight excluding hydrogens is 196 g/mol. The lowest BCUT2D eigenvalue weighted by atomic mass is 10.1. The van der Waals surface area contributed by atoms with Crippen LogP contribution in [0.15, 0.2) is 42.7 Å². The van der Waals surface area contributed by atoms with Gasteiger partial charge in [0, 0.05) is 6.20 Å². The maximum absolute atomic E-state index is 4.43. The molecule has 0 N–H and O–H groups in total. The highest BCUT2D eigenvalue weighted by molar-refractivity contribution is 5.20. The molecule has 0 bridgehead atoms. The van der Waals surface area contributed by atoms with Crippen LogP contribution in [0.1, 0.15) is 43.9 Å². The summed E-state index contributed by atoms with van der Waals surface area (Å²) in [6.07, 6.45) is 4.10. The second-order valence-electron chi connectivity index (χ2n) is 4.50. The molecule has 0 fully saturated rings. The van der Waals surface area contributed by atoms with Crippen molar-refractivity contribution in [3.05, 3.63) is 53.9 Å². The predicted molar refractivity (Wildman–Crippen MR) is 66.6 cm³/mol. The second kappa shape index (κ2) is 4.52. The van der Waals surface area contributed by atoms with Crippen LogP contribution in [-0.2, 0) is 0 Å². The molecule has 84 valence electrons. The largest absolute Gasteiger partial charge is 0.265 e. The molecule has 1 aromatic heterocycles. The summed E-state index contributed by atoms with van der Waals surface area (Å²) in [4.78, 5) is 0. The summed E-state index contributed by atoms with van der Waals surface area (Å²) in [7, 11) is 0. The molecule has 0 aliphatic rings. The Labute approximate surface area is 96.9 Å². The number of benzene rings is 1. The van der Waals surface area contributed by atoms with E-state index < -0.39 is 0 Å². The van der Waals surface area contributed by atoms with Crippen LogP contribution >= 0.6 is 0 Å². The van der Waals surface area contributed by atoms with Gasteiger partial charge < -0.3 is 0 Å². The highest BCUT2D eigenvalue weighted by Crippen LogP contribution is 2.19. The lowest BCUT2D eigenvalue weighted by Gasteiger charge is -2.12. The van der Waals surface area contributed by atoms with Gasteiger partial charge in [0.25, 0.3) is 0 Å². The minimum absolute atomic E-state index is 0.300. The second-order valence-corrected chi connectivity index (χ2v) is 4.50. The zero-order chi connectivity index (χ0) is 11.5. The molecule has 0 aliphatic carbocycles. The van der Waals surface area contributed by atoms with E-state index >= 15 is 0 Å². The topological polar surface area (TPSA) is 17.8 Å². The first-order chi connectivity index (χ1) is 7.68. The summed E-state index contributed by atoms with van der Waals surface area (Å²) in [5.41, 5.74) is 2.59. The van der Waals surface area contributed by atoms with Crippen LogP contribution in [0.3, 0.4) is 0 Å². The number of hydrogen-bond donors (Lipinski definition) is 0. The summed E-state index contributed by atoms with van der Waals surface area (Å²) in [6.45, 7) is 6.55. The van der Waals surface area contributed by atoms with Crippen molar-refractivity contribution in [2.24, 2.45) is 0 Å². The van der Waals surface area contributed by atoms with Crippen LogP contribution in [0.5, 0.6) is 0 Å². The Hall–Kier alpha value is -1.57. The van der Waals surface area contributed by atoms with Crippen LogP contribution in [0.4, 0.5) is 0 Å². The average Bonchev–Trinajstić information content (AvgIpc) is 2.78. The molecule has 0 radical (unpaired) electrons. The molecule has 0 saturated carbocycles. The van der Waals surface area contributed by atoms with E-state index in [1.807, 2.05) is 16.9 Å². The van der Waals surface area contributed by atoms with E-state index in [1.54, 1.807) is 0 Å². The van der Waals surface area contributed by atoms with Crippen molar-refractivity contribution in [3.8, 4) is 0 Å². The van der Waals surface area contributed by atoms with Crippen LogP contribution in [0, 0.1) is 0 Å². The Morgan fingerprint density at radius 2 is 1.69 bits per heavy atom. The molecule has 0 aliphatic heterocycles. The van der Waals surface area contributed by atoms with E-state index in [2.05, 4.69) is 56.3 Å². The molecule has 16 heavy (non-hydrogen) atoms. The van der Waals surface area contributed by atoms with Gasteiger partial charge in [-0.2, -0.15) is 5.10 Å². The third-order valence-electron chi connectivity index (χ3n) is 2.97. The van der Waals surface area contributed by atoms with Crippen molar-refractivity contribution < 1.29 is 0 Å². The van der Waals surface area contributed by atoms with Gasteiger partial charge in [-0.3, -0.25) is 4.68 Å². The average molecular weight is 214 g/mol. The fourth-order valence-corrected chi connectivity index (χ4v) is 1.75. The van der Waals surface area contributed by atoms with Crippen molar-refractivity contribution in [1.29, 1.82) is 0 Å². The van der Waals surface area contributed by atoms with E-state index in [-0.39, 0.29) is 0 Å². The molecule has 2 rings (SSSR count). The van der Waals surface area contributed by atoms with Crippen molar-refractivity contribution in [2.75, 3.05) is 0 Å². The number of aromatic nitrogens is 2. The first-order valence-electron chi connectivity index (χ1n) is 5.77. The summed E-state index contributed by atoms with van der Waals surface area (Å²) in [5.74, 6) is 0.539. The van der Waals surface area contributed by atoms with Crippen LogP contribution < -0.4 is 0 Å². The Kier molecular flexibility index (Phi) is 3.09. The Bertz CT molecular complexity index is 443. The fraction of sp³-hybridized carbons (Fsp3) is 0.357. The van der Waals surface area contributed by atoms with Crippen molar-refractivity contribution in [2.45, 2.75) is 32.7 Å². The molecule has 0 amide bonds. The van der Waals surface area contributed by atoms with E-state index in [0.29, 0.717) is 12.0 Å². The van der Waals surface area contributed by atoms with Gasteiger partial charge in [-0.05, 0) is 24.0 Å². The van der Waals surface area contributed by atoms with Gasteiger partial charge in [0.1, 0.15) is 0 Å². The summed E-state index contributed by atoms with van der Waals surface area (Å²) in [5, 5.41) is 4.43. The molecule has 2 aromatic rings. The Morgan fingerprint density at radius 3 is 2.25 bits per heavy atom. The van der Waals surface area contributed by atoms with Crippen molar-refractivity contribution in [3.63, 3.8) is 0 Å². The normalized spacial score (nSPS) is 13.0. The number of nitrogens with zero attached hydrogens (tertiary/aromatic N) is 2.